The van der Waals surface area contributed by atoms with Gasteiger partial charge in [0.05, 0.1) is 0 Å². The Hall–Kier alpha value is 0.390. The van der Waals surface area contributed by atoms with Gasteiger partial charge >= 0.3 is 0 Å². The minimum Gasteiger partial charge on any atom is -0.304 e. The fourth-order valence-electron chi connectivity index (χ4n) is 2.46. The van der Waals surface area contributed by atoms with Gasteiger partial charge in [-0.2, -0.15) is 0 Å². The highest BCUT2D eigenvalue weighted by Crippen LogP contribution is 2.58. The Morgan fingerprint density at radius 2 is 1.19 bits per heavy atom. The minimum absolute atomic E-state index is 0.0716. The molecule has 0 spiro atoms. The van der Waals surface area contributed by atoms with Crippen LogP contribution in [0.25, 0.3) is 0 Å². The average molecular weight is 245 g/mol. The van der Waals surface area contributed by atoms with Gasteiger partial charge < -0.3 is 4.90 Å². The standard InChI is InChI=1S/C14H32NP/c1-9-15(10-2)11-12-16(13(3,4)5)14(6,7)8/h9-12H2,1-8H3. The van der Waals surface area contributed by atoms with E-state index < -0.39 is 0 Å². The van der Waals surface area contributed by atoms with Crippen LogP contribution in [0.3, 0.4) is 0 Å². The second-order valence-electron chi connectivity index (χ2n) is 6.52. The molecule has 0 aliphatic rings. The quantitative estimate of drug-likeness (QED) is 0.649. The van der Waals surface area contributed by atoms with Crippen molar-refractivity contribution >= 4 is 7.92 Å². The van der Waals surface area contributed by atoms with Gasteiger partial charge in [0.2, 0.25) is 0 Å². The van der Waals surface area contributed by atoms with Crippen molar-refractivity contribution in [2.75, 3.05) is 25.8 Å². The summed E-state index contributed by atoms with van der Waals surface area (Å²) >= 11 is 0. The molecule has 98 valence electrons. The summed E-state index contributed by atoms with van der Waals surface area (Å²) in [5.74, 6) is 0. The van der Waals surface area contributed by atoms with E-state index in [9.17, 15) is 0 Å². The van der Waals surface area contributed by atoms with Crippen molar-refractivity contribution in [2.45, 2.75) is 65.7 Å². The fraction of sp³-hybridized carbons (Fsp3) is 1.00. The third kappa shape index (κ3) is 5.64. The van der Waals surface area contributed by atoms with Crippen LogP contribution in [0.2, 0.25) is 0 Å². The average Bonchev–Trinajstić information content (AvgIpc) is 2.08. The SMILES string of the molecule is CCN(CC)CCP(C(C)(C)C)C(C)(C)C. The molecule has 0 unspecified atom stereocenters. The summed E-state index contributed by atoms with van der Waals surface area (Å²) in [5, 5.41) is 0.946. The van der Waals surface area contributed by atoms with Gasteiger partial charge in [0, 0.05) is 6.54 Å². The van der Waals surface area contributed by atoms with Crippen molar-refractivity contribution in [3.8, 4) is 0 Å². The van der Waals surface area contributed by atoms with Crippen LogP contribution < -0.4 is 0 Å². The molecule has 16 heavy (non-hydrogen) atoms. The van der Waals surface area contributed by atoms with Crippen LogP contribution in [0.4, 0.5) is 0 Å². The van der Waals surface area contributed by atoms with Crippen LogP contribution in [0, 0.1) is 0 Å². The molecule has 0 aliphatic carbocycles. The summed E-state index contributed by atoms with van der Waals surface area (Å²) in [5.41, 5.74) is 0. The Bertz CT molecular complexity index is 170. The van der Waals surface area contributed by atoms with Crippen molar-refractivity contribution in [2.24, 2.45) is 0 Å². The van der Waals surface area contributed by atoms with E-state index in [2.05, 4.69) is 60.3 Å². The van der Waals surface area contributed by atoms with E-state index >= 15 is 0 Å². The van der Waals surface area contributed by atoms with Gasteiger partial charge in [-0.25, -0.2) is 0 Å². The molecule has 0 aromatic carbocycles. The van der Waals surface area contributed by atoms with Gasteiger partial charge in [-0.05, 0) is 29.6 Å². The topological polar surface area (TPSA) is 3.24 Å². The predicted molar refractivity (Wildman–Crippen MR) is 79.1 cm³/mol. The Balaban J connectivity index is 4.47. The minimum atomic E-state index is 0.0716. The largest absolute Gasteiger partial charge is 0.304 e. The van der Waals surface area contributed by atoms with Crippen LogP contribution in [0.1, 0.15) is 55.4 Å². The molecule has 2 heteroatoms. The van der Waals surface area contributed by atoms with Crippen molar-refractivity contribution in [1.82, 2.24) is 4.90 Å². The second kappa shape index (κ2) is 6.36. The predicted octanol–water partition coefficient (Wildman–Crippen LogP) is 4.41. The summed E-state index contributed by atoms with van der Waals surface area (Å²) in [4.78, 5) is 2.55. The van der Waals surface area contributed by atoms with E-state index in [0.717, 1.165) is 0 Å². The van der Waals surface area contributed by atoms with Crippen molar-refractivity contribution in [1.29, 1.82) is 0 Å². The molecule has 0 rings (SSSR count). The molecule has 0 atom stereocenters. The number of rotatable bonds is 5. The monoisotopic (exact) mass is 245 g/mol. The molecule has 0 N–H and O–H groups in total. The van der Waals surface area contributed by atoms with Crippen molar-refractivity contribution in [3.05, 3.63) is 0 Å². The Morgan fingerprint density at radius 1 is 0.812 bits per heavy atom. The van der Waals surface area contributed by atoms with E-state index in [1.165, 1.54) is 25.8 Å². The molecule has 0 aromatic rings. The van der Waals surface area contributed by atoms with Crippen LogP contribution in [-0.4, -0.2) is 41.0 Å². The van der Waals surface area contributed by atoms with Crippen LogP contribution >= 0.6 is 7.92 Å². The molecule has 1 nitrogen and oxygen atoms in total. The summed E-state index contributed by atoms with van der Waals surface area (Å²) in [6, 6.07) is 0. The van der Waals surface area contributed by atoms with Crippen LogP contribution in [0.5, 0.6) is 0 Å². The lowest BCUT2D eigenvalue weighted by Crippen LogP contribution is -2.32. The van der Waals surface area contributed by atoms with E-state index in [0.29, 0.717) is 10.3 Å². The molecule has 0 saturated heterocycles. The molecule has 0 aromatic heterocycles. The van der Waals surface area contributed by atoms with E-state index in [1.807, 2.05) is 0 Å². The number of nitrogens with zero attached hydrogens (tertiary/aromatic N) is 1. The second-order valence-corrected chi connectivity index (χ2v) is 10.5. The fourth-order valence-corrected chi connectivity index (χ4v) is 6.30. The van der Waals surface area contributed by atoms with Crippen molar-refractivity contribution < 1.29 is 0 Å². The van der Waals surface area contributed by atoms with E-state index in [4.69, 9.17) is 0 Å². The van der Waals surface area contributed by atoms with Gasteiger partial charge in [-0.15, -0.1) is 0 Å². The van der Waals surface area contributed by atoms with Gasteiger partial charge in [-0.1, -0.05) is 63.3 Å². The first-order valence-electron chi connectivity index (χ1n) is 6.63. The van der Waals surface area contributed by atoms with E-state index in [1.54, 1.807) is 0 Å². The lowest BCUT2D eigenvalue weighted by Gasteiger charge is -2.42. The normalized spacial score (nSPS) is 13.9. The zero-order valence-corrected chi connectivity index (χ0v) is 13.6. The highest BCUT2D eigenvalue weighted by atomic mass is 31.1. The lowest BCUT2D eigenvalue weighted by atomic mass is 10.2. The molecule has 0 radical (unpaired) electrons. The summed E-state index contributed by atoms with van der Waals surface area (Å²) < 4.78 is 0. The van der Waals surface area contributed by atoms with Crippen molar-refractivity contribution in [3.63, 3.8) is 0 Å². The first-order valence-corrected chi connectivity index (χ1v) is 8.15. The maximum absolute atomic E-state index is 2.55. The Kier molecular flexibility index (Phi) is 6.51. The van der Waals surface area contributed by atoms with E-state index in [-0.39, 0.29) is 7.92 Å². The molecule has 0 amide bonds. The van der Waals surface area contributed by atoms with Crippen LogP contribution in [0.15, 0.2) is 0 Å². The van der Waals surface area contributed by atoms with Gasteiger partial charge in [-0.3, -0.25) is 0 Å². The highest BCUT2D eigenvalue weighted by Gasteiger charge is 2.33. The zero-order valence-electron chi connectivity index (χ0n) is 12.7. The molecule has 0 fully saturated rings. The smallest absolute Gasteiger partial charge is 0.00208 e. The number of hydrogen-bond acceptors (Lipinski definition) is 1. The maximum atomic E-state index is 2.55. The summed E-state index contributed by atoms with van der Waals surface area (Å²) in [6.07, 6.45) is 1.38. The molecular formula is C14H32NP. The lowest BCUT2D eigenvalue weighted by molar-refractivity contribution is 0.322. The highest BCUT2D eigenvalue weighted by molar-refractivity contribution is 7.60. The first-order chi connectivity index (χ1) is 7.12. The van der Waals surface area contributed by atoms with Gasteiger partial charge in [0.1, 0.15) is 0 Å². The first kappa shape index (κ1) is 16.4. The third-order valence-electron chi connectivity index (χ3n) is 3.15. The number of hydrogen-bond donors (Lipinski definition) is 0. The Morgan fingerprint density at radius 3 is 1.44 bits per heavy atom. The van der Waals surface area contributed by atoms with Crippen LogP contribution in [-0.2, 0) is 0 Å². The van der Waals surface area contributed by atoms with Gasteiger partial charge in [0.15, 0.2) is 0 Å². The molecule has 0 bridgehead atoms. The Labute approximate surface area is 105 Å². The maximum Gasteiger partial charge on any atom is 0.00208 e. The molecule has 0 saturated carbocycles. The van der Waals surface area contributed by atoms with Gasteiger partial charge in [0.25, 0.3) is 0 Å². The molecular weight excluding hydrogens is 213 g/mol. The third-order valence-corrected chi connectivity index (χ3v) is 7.04. The molecule has 0 aliphatic heterocycles. The zero-order chi connectivity index (χ0) is 13.0. The summed E-state index contributed by atoms with van der Waals surface area (Å²) in [7, 11) is 0.0716. The molecule has 0 heterocycles. The summed E-state index contributed by atoms with van der Waals surface area (Å²) in [6.45, 7) is 22.6.